The molecule has 0 amide bonds. The number of carbonyl (C=O) groups is 1. The zero-order valence-corrected chi connectivity index (χ0v) is 15.4. The van der Waals surface area contributed by atoms with Crippen LogP contribution >= 0.6 is 0 Å². The molecule has 138 valence electrons. The van der Waals surface area contributed by atoms with Gasteiger partial charge in [-0.3, -0.25) is 0 Å². The van der Waals surface area contributed by atoms with Crippen LogP contribution in [0.15, 0.2) is 48.5 Å². The van der Waals surface area contributed by atoms with Gasteiger partial charge in [-0.25, -0.2) is 4.79 Å². The summed E-state index contributed by atoms with van der Waals surface area (Å²) in [6.07, 6.45) is 6.10. The molecule has 0 aromatic heterocycles. The number of ether oxygens (including phenoxy) is 2. The van der Waals surface area contributed by atoms with Crippen molar-refractivity contribution in [2.24, 2.45) is 0 Å². The SMILES string of the molecule is CCCCCCOc1cc(OC)ccc1/C=C(\C(=O)O)c1ccccc1. The van der Waals surface area contributed by atoms with Gasteiger partial charge in [0.1, 0.15) is 11.5 Å². The molecule has 0 aliphatic heterocycles. The fourth-order valence-electron chi connectivity index (χ4n) is 2.64. The van der Waals surface area contributed by atoms with Gasteiger partial charge in [-0.05, 0) is 30.2 Å². The molecule has 2 rings (SSSR count). The molecule has 1 N–H and O–H groups in total. The molecule has 0 aliphatic carbocycles. The molecular formula is C22H26O4. The Bertz CT molecular complexity index is 735. The summed E-state index contributed by atoms with van der Waals surface area (Å²) in [5, 5.41) is 9.62. The molecule has 0 aliphatic rings. The highest BCUT2D eigenvalue weighted by Crippen LogP contribution is 2.29. The van der Waals surface area contributed by atoms with Gasteiger partial charge in [-0.15, -0.1) is 0 Å². The van der Waals surface area contributed by atoms with Gasteiger partial charge in [-0.2, -0.15) is 0 Å². The molecule has 4 nitrogen and oxygen atoms in total. The number of benzene rings is 2. The maximum Gasteiger partial charge on any atom is 0.336 e. The first-order valence-electron chi connectivity index (χ1n) is 8.97. The van der Waals surface area contributed by atoms with E-state index in [0.29, 0.717) is 23.7 Å². The van der Waals surface area contributed by atoms with Gasteiger partial charge in [-0.1, -0.05) is 56.5 Å². The summed E-state index contributed by atoms with van der Waals surface area (Å²) in [4.78, 5) is 11.7. The Kier molecular flexibility index (Phi) is 7.75. The third-order valence-electron chi connectivity index (χ3n) is 4.09. The Hall–Kier alpha value is -2.75. The van der Waals surface area contributed by atoms with E-state index in [2.05, 4.69) is 6.92 Å². The molecule has 0 unspecified atom stereocenters. The van der Waals surface area contributed by atoms with Crippen LogP contribution in [0.1, 0.15) is 43.7 Å². The fraction of sp³-hybridized carbons (Fsp3) is 0.318. The Labute approximate surface area is 155 Å². The van der Waals surface area contributed by atoms with Gasteiger partial charge in [0.15, 0.2) is 0 Å². The van der Waals surface area contributed by atoms with Gasteiger partial charge in [0.25, 0.3) is 0 Å². The summed E-state index contributed by atoms with van der Waals surface area (Å²) in [5.74, 6) is 0.346. The minimum atomic E-state index is -0.971. The van der Waals surface area contributed by atoms with E-state index in [4.69, 9.17) is 9.47 Å². The standard InChI is InChI=1S/C22H26O4/c1-3-4-5-9-14-26-21-16-19(25-2)13-12-18(21)15-20(22(23)24)17-10-7-6-8-11-17/h6-8,10-13,15-16H,3-5,9,14H2,1-2H3,(H,23,24)/b20-15-. The lowest BCUT2D eigenvalue weighted by Gasteiger charge is -2.12. The smallest absolute Gasteiger partial charge is 0.336 e. The Morgan fingerprint density at radius 3 is 2.50 bits per heavy atom. The van der Waals surface area contributed by atoms with E-state index in [1.165, 1.54) is 12.8 Å². The molecule has 2 aromatic rings. The van der Waals surface area contributed by atoms with Crippen molar-refractivity contribution < 1.29 is 19.4 Å². The lowest BCUT2D eigenvalue weighted by atomic mass is 10.0. The largest absolute Gasteiger partial charge is 0.497 e. The van der Waals surface area contributed by atoms with Crippen LogP contribution < -0.4 is 9.47 Å². The average Bonchev–Trinajstić information content (AvgIpc) is 2.67. The van der Waals surface area contributed by atoms with E-state index in [1.807, 2.05) is 24.3 Å². The van der Waals surface area contributed by atoms with Crippen molar-refractivity contribution >= 4 is 17.6 Å². The lowest BCUT2D eigenvalue weighted by molar-refractivity contribution is -0.130. The molecule has 0 heterocycles. The van der Waals surface area contributed by atoms with Crippen molar-refractivity contribution in [3.63, 3.8) is 0 Å². The molecular weight excluding hydrogens is 328 g/mol. The quantitative estimate of drug-likeness (QED) is 0.358. The van der Waals surface area contributed by atoms with Gasteiger partial charge in [0.05, 0.1) is 19.3 Å². The number of hydrogen-bond acceptors (Lipinski definition) is 3. The summed E-state index contributed by atoms with van der Waals surface area (Å²) in [5.41, 5.74) is 1.61. The molecule has 2 aromatic carbocycles. The number of aliphatic carboxylic acids is 1. The van der Waals surface area contributed by atoms with E-state index in [9.17, 15) is 9.90 Å². The van der Waals surface area contributed by atoms with E-state index in [0.717, 1.165) is 18.4 Å². The van der Waals surface area contributed by atoms with Gasteiger partial charge >= 0.3 is 5.97 Å². The van der Waals surface area contributed by atoms with Gasteiger partial charge < -0.3 is 14.6 Å². The average molecular weight is 354 g/mol. The van der Waals surface area contributed by atoms with Crippen molar-refractivity contribution in [1.29, 1.82) is 0 Å². The van der Waals surface area contributed by atoms with E-state index in [1.54, 1.807) is 37.5 Å². The first-order valence-corrected chi connectivity index (χ1v) is 8.97. The third kappa shape index (κ3) is 5.66. The number of rotatable bonds is 10. The van der Waals surface area contributed by atoms with Crippen molar-refractivity contribution in [3.05, 3.63) is 59.7 Å². The second-order valence-electron chi connectivity index (χ2n) is 6.04. The number of unbranched alkanes of at least 4 members (excludes halogenated alkanes) is 3. The Morgan fingerprint density at radius 2 is 1.85 bits per heavy atom. The zero-order chi connectivity index (χ0) is 18.8. The normalized spacial score (nSPS) is 11.2. The molecule has 0 saturated carbocycles. The van der Waals surface area contributed by atoms with Gasteiger partial charge in [0, 0.05) is 11.6 Å². The van der Waals surface area contributed by atoms with Crippen LogP contribution in [0.3, 0.4) is 0 Å². The van der Waals surface area contributed by atoms with Crippen LogP contribution in [0, 0.1) is 0 Å². The van der Waals surface area contributed by atoms with Gasteiger partial charge in [0.2, 0.25) is 0 Å². The molecule has 0 spiro atoms. The lowest BCUT2D eigenvalue weighted by Crippen LogP contribution is -2.02. The van der Waals surface area contributed by atoms with Crippen LogP contribution in [0.5, 0.6) is 11.5 Å². The van der Waals surface area contributed by atoms with Crippen molar-refractivity contribution in [3.8, 4) is 11.5 Å². The zero-order valence-electron chi connectivity index (χ0n) is 15.4. The summed E-state index contributed by atoms with van der Waals surface area (Å²) in [6.45, 7) is 2.77. The summed E-state index contributed by atoms with van der Waals surface area (Å²) in [7, 11) is 1.60. The molecule has 0 bridgehead atoms. The highest BCUT2D eigenvalue weighted by atomic mass is 16.5. The minimum absolute atomic E-state index is 0.228. The first-order chi connectivity index (χ1) is 12.7. The summed E-state index contributed by atoms with van der Waals surface area (Å²) < 4.78 is 11.2. The van der Waals surface area contributed by atoms with Crippen LogP contribution in [0.25, 0.3) is 11.6 Å². The maximum atomic E-state index is 11.7. The summed E-state index contributed by atoms with van der Waals surface area (Å²) in [6, 6.07) is 14.5. The van der Waals surface area contributed by atoms with E-state index < -0.39 is 5.97 Å². The highest BCUT2D eigenvalue weighted by molar-refractivity contribution is 6.20. The van der Waals surface area contributed by atoms with Crippen molar-refractivity contribution in [2.45, 2.75) is 32.6 Å². The predicted octanol–water partition coefficient (Wildman–Crippen LogP) is 5.28. The van der Waals surface area contributed by atoms with E-state index >= 15 is 0 Å². The number of carboxylic acids is 1. The second kappa shape index (κ2) is 10.3. The summed E-state index contributed by atoms with van der Waals surface area (Å²) >= 11 is 0. The number of carboxylic acid groups (broad SMARTS) is 1. The Morgan fingerprint density at radius 1 is 1.08 bits per heavy atom. The van der Waals surface area contributed by atoms with Crippen molar-refractivity contribution in [1.82, 2.24) is 0 Å². The second-order valence-corrected chi connectivity index (χ2v) is 6.04. The van der Waals surface area contributed by atoms with E-state index in [-0.39, 0.29) is 5.57 Å². The van der Waals surface area contributed by atoms with Crippen LogP contribution in [0.2, 0.25) is 0 Å². The van der Waals surface area contributed by atoms with Crippen LogP contribution in [-0.4, -0.2) is 24.8 Å². The number of hydrogen-bond donors (Lipinski definition) is 1. The third-order valence-corrected chi connectivity index (χ3v) is 4.09. The number of methoxy groups -OCH3 is 1. The maximum absolute atomic E-state index is 11.7. The molecule has 26 heavy (non-hydrogen) atoms. The Balaban J connectivity index is 2.29. The minimum Gasteiger partial charge on any atom is -0.497 e. The topological polar surface area (TPSA) is 55.8 Å². The molecule has 0 fully saturated rings. The van der Waals surface area contributed by atoms with Crippen LogP contribution in [-0.2, 0) is 4.79 Å². The predicted molar refractivity (Wildman–Crippen MR) is 105 cm³/mol. The fourth-order valence-corrected chi connectivity index (χ4v) is 2.64. The molecule has 0 atom stereocenters. The van der Waals surface area contributed by atoms with Crippen LogP contribution in [0.4, 0.5) is 0 Å². The highest BCUT2D eigenvalue weighted by Gasteiger charge is 2.12. The first kappa shape index (κ1) is 19.6. The molecule has 0 radical (unpaired) electrons. The monoisotopic (exact) mass is 354 g/mol. The molecule has 0 saturated heterocycles. The van der Waals surface area contributed by atoms with Crippen molar-refractivity contribution in [2.75, 3.05) is 13.7 Å². The molecule has 4 heteroatoms.